The van der Waals surface area contributed by atoms with Crippen molar-refractivity contribution in [2.75, 3.05) is 26.7 Å². The standard InChI is InChI=1S/C14H27N3O3/c1-17-10-6-4-7-12(17)11-16-14(20)15-9-5-2-3-8-13(18)19/h12H,2-11H2,1H3,(H,18,19)(H2,15,16,20). The number of hydrogen-bond donors (Lipinski definition) is 3. The second-order valence-electron chi connectivity index (χ2n) is 5.47. The second-order valence-corrected chi connectivity index (χ2v) is 5.47. The zero-order valence-electron chi connectivity index (χ0n) is 12.4. The van der Waals surface area contributed by atoms with Crippen LogP contribution in [0.3, 0.4) is 0 Å². The number of carboxylic acids is 1. The summed E-state index contributed by atoms with van der Waals surface area (Å²) in [7, 11) is 2.10. The number of carbonyl (C=O) groups excluding carboxylic acids is 1. The van der Waals surface area contributed by atoms with Crippen molar-refractivity contribution in [3.05, 3.63) is 0 Å². The minimum absolute atomic E-state index is 0.123. The Bertz CT molecular complexity index is 310. The highest BCUT2D eigenvalue weighted by molar-refractivity contribution is 5.73. The predicted octanol–water partition coefficient (Wildman–Crippen LogP) is 1.41. The highest BCUT2D eigenvalue weighted by Crippen LogP contribution is 2.13. The molecule has 1 heterocycles. The van der Waals surface area contributed by atoms with Crippen molar-refractivity contribution in [3.63, 3.8) is 0 Å². The zero-order chi connectivity index (χ0) is 14.8. The number of piperidine rings is 1. The molecule has 1 rings (SSSR count). The summed E-state index contributed by atoms with van der Waals surface area (Å²) >= 11 is 0. The number of carboxylic acid groups (broad SMARTS) is 1. The molecule has 0 aromatic heterocycles. The number of likely N-dealkylation sites (N-methyl/N-ethyl adjacent to an activating group) is 1. The van der Waals surface area contributed by atoms with Gasteiger partial charge in [0.05, 0.1) is 0 Å². The summed E-state index contributed by atoms with van der Waals surface area (Å²) in [6.07, 6.45) is 6.16. The molecule has 6 heteroatoms. The van der Waals surface area contributed by atoms with Crippen LogP contribution in [0.1, 0.15) is 44.9 Å². The Kier molecular flexibility index (Phi) is 8.02. The van der Waals surface area contributed by atoms with Crippen LogP contribution >= 0.6 is 0 Å². The third-order valence-corrected chi connectivity index (χ3v) is 3.77. The van der Waals surface area contributed by atoms with E-state index < -0.39 is 5.97 Å². The quantitative estimate of drug-likeness (QED) is 0.589. The molecular formula is C14H27N3O3. The highest BCUT2D eigenvalue weighted by atomic mass is 16.4. The zero-order valence-corrected chi connectivity index (χ0v) is 12.4. The Morgan fingerprint density at radius 3 is 2.70 bits per heavy atom. The molecule has 0 radical (unpaired) electrons. The summed E-state index contributed by atoms with van der Waals surface area (Å²) in [6.45, 7) is 2.41. The van der Waals surface area contributed by atoms with Gasteiger partial charge in [0.2, 0.25) is 0 Å². The molecule has 0 saturated carbocycles. The van der Waals surface area contributed by atoms with E-state index >= 15 is 0 Å². The number of rotatable bonds is 8. The van der Waals surface area contributed by atoms with Crippen molar-refractivity contribution in [2.24, 2.45) is 0 Å². The summed E-state index contributed by atoms with van der Waals surface area (Å²) in [5.74, 6) is -0.757. The normalized spacial score (nSPS) is 19.6. The molecule has 0 spiro atoms. The molecule has 6 nitrogen and oxygen atoms in total. The summed E-state index contributed by atoms with van der Waals surface area (Å²) in [4.78, 5) is 24.2. The van der Waals surface area contributed by atoms with Crippen molar-refractivity contribution in [2.45, 2.75) is 51.0 Å². The van der Waals surface area contributed by atoms with E-state index in [1.807, 2.05) is 0 Å². The van der Waals surface area contributed by atoms with Gasteiger partial charge in [-0.1, -0.05) is 12.8 Å². The lowest BCUT2D eigenvalue weighted by Gasteiger charge is -2.32. The van der Waals surface area contributed by atoms with Gasteiger partial charge in [-0.25, -0.2) is 4.79 Å². The molecule has 0 aromatic rings. The first-order valence-corrected chi connectivity index (χ1v) is 7.53. The van der Waals surface area contributed by atoms with Gasteiger partial charge in [-0.15, -0.1) is 0 Å². The largest absolute Gasteiger partial charge is 0.481 e. The van der Waals surface area contributed by atoms with Crippen molar-refractivity contribution < 1.29 is 14.7 Å². The lowest BCUT2D eigenvalue weighted by atomic mass is 10.0. The van der Waals surface area contributed by atoms with E-state index in [0.29, 0.717) is 25.6 Å². The number of nitrogens with one attached hydrogen (secondary N) is 2. The van der Waals surface area contributed by atoms with Crippen molar-refractivity contribution in [1.82, 2.24) is 15.5 Å². The Hall–Kier alpha value is -1.30. The number of amides is 2. The molecule has 1 unspecified atom stereocenters. The number of likely N-dealkylation sites (tertiary alicyclic amines) is 1. The monoisotopic (exact) mass is 285 g/mol. The smallest absolute Gasteiger partial charge is 0.314 e. The predicted molar refractivity (Wildman–Crippen MR) is 77.8 cm³/mol. The first kappa shape index (κ1) is 16.8. The Labute approximate surface area is 120 Å². The van der Waals surface area contributed by atoms with Crippen molar-refractivity contribution in [3.8, 4) is 0 Å². The van der Waals surface area contributed by atoms with Gasteiger partial charge in [0.15, 0.2) is 0 Å². The minimum Gasteiger partial charge on any atom is -0.481 e. The third kappa shape index (κ3) is 7.33. The topological polar surface area (TPSA) is 81.7 Å². The van der Waals surface area contributed by atoms with E-state index in [4.69, 9.17) is 5.11 Å². The average molecular weight is 285 g/mol. The van der Waals surface area contributed by atoms with Crippen LogP contribution in [0.4, 0.5) is 4.79 Å². The second kappa shape index (κ2) is 9.58. The molecular weight excluding hydrogens is 258 g/mol. The van der Waals surface area contributed by atoms with E-state index in [0.717, 1.165) is 25.8 Å². The number of nitrogens with zero attached hydrogens (tertiary/aromatic N) is 1. The minimum atomic E-state index is -0.757. The Morgan fingerprint density at radius 1 is 1.20 bits per heavy atom. The summed E-state index contributed by atoms with van der Waals surface area (Å²) in [6, 6.07) is 0.326. The molecule has 2 amide bonds. The van der Waals surface area contributed by atoms with E-state index in [9.17, 15) is 9.59 Å². The van der Waals surface area contributed by atoms with E-state index in [1.165, 1.54) is 12.8 Å². The van der Waals surface area contributed by atoms with Gasteiger partial charge in [-0.3, -0.25) is 4.79 Å². The third-order valence-electron chi connectivity index (χ3n) is 3.77. The molecule has 116 valence electrons. The number of hydrogen-bond acceptors (Lipinski definition) is 3. The van der Waals surface area contributed by atoms with Crippen LogP contribution in [0.25, 0.3) is 0 Å². The van der Waals surface area contributed by atoms with E-state index in [1.54, 1.807) is 0 Å². The van der Waals surface area contributed by atoms with E-state index in [2.05, 4.69) is 22.6 Å². The Morgan fingerprint density at radius 2 is 2.00 bits per heavy atom. The first-order chi connectivity index (χ1) is 9.59. The fourth-order valence-corrected chi connectivity index (χ4v) is 2.45. The first-order valence-electron chi connectivity index (χ1n) is 7.53. The number of aliphatic carboxylic acids is 1. The maximum Gasteiger partial charge on any atom is 0.314 e. The maximum absolute atomic E-state index is 11.6. The molecule has 1 aliphatic heterocycles. The number of carbonyl (C=O) groups is 2. The maximum atomic E-state index is 11.6. The summed E-state index contributed by atoms with van der Waals surface area (Å²) < 4.78 is 0. The molecule has 20 heavy (non-hydrogen) atoms. The molecule has 1 atom stereocenters. The lowest BCUT2D eigenvalue weighted by molar-refractivity contribution is -0.137. The molecule has 1 saturated heterocycles. The van der Waals surface area contributed by atoms with Gasteiger partial charge in [0.25, 0.3) is 0 Å². The Balaban J connectivity index is 1.98. The average Bonchev–Trinajstić information content (AvgIpc) is 2.41. The molecule has 0 aliphatic carbocycles. The lowest BCUT2D eigenvalue weighted by Crippen LogP contribution is -2.47. The van der Waals surface area contributed by atoms with Gasteiger partial charge in [-0.05, 0) is 39.3 Å². The van der Waals surface area contributed by atoms with Crippen LogP contribution in [0, 0.1) is 0 Å². The molecule has 3 N–H and O–H groups in total. The van der Waals surface area contributed by atoms with Crippen LogP contribution in [0.2, 0.25) is 0 Å². The molecule has 1 fully saturated rings. The van der Waals surface area contributed by atoms with Gasteiger partial charge in [-0.2, -0.15) is 0 Å². The number of urea groups is 1. The summed E-state index contributed by atoms with van der Waals surface area (Å²) in [5.41, 5.74) is 0. The van der Waals surface area contributed by atoms with Gasteiger partial charge in [0.1, 0.15) is 0 Å². The van der Waals surface area contributed by atoms with E-state index in [-0.39, 0.29) is 12.5 Å². The molecule has 0 bridgehead atoms. The SMILES string of the molecule is CN1CCCCC1CNC(=O)NCCCCCC(=O)O. The highest BCUT2D eigenvalue weighted by Gasteiger charge is 2.18. The number of unbranched alkanes of at least 4 members (excludes halogenated alkanes) is 2. The van der Waals surface area contributed by atoms with Crippen molar-refractivity contribution >= 4 is 12.0 Å². The van der Waals surface area contributed by atoms with Crippen LogP contribution in [-0.4, -0.2) is 54.7 Å². The fourth-order valence-electron chi connectivity index (χ4n) is 2.45. The van der Waals surface area contributed by atoms with Gasteiger partial charge in [0, 0.05) is 25.6 Å². The molecule has 0 aromatic carbocycles. The summed E-state index contributed by atoms with van der Waals surface area (Å²) in [5, 5.41) is 14.2. The van der Waals surface area contributed by atoms with Crippen LogP contribution in [-0.2, 0) is 4.79 Å². The van der Waals surface area contributed by atoms with Crippen LogP contribution < -0.4 is 10.6 Å². The van der Waals surface area contributed by atoms with Crippen LogP contribution in [0.15, 0.2) is 0 Å². The van der Waals surface area contributed by atoms with Crippen LogP contribution in [0.5, 0.6) is 0 Å². The van der Waals surface area contributed by atoms with Gasteiger partial charge < -0.3 is 20.6 Å². The molecule has 1 aliphatic rings. The van der Waals surface area contributed by atoms with Gasteiger partial charge >= 0.3 is 12.0 Å². The van der Waals surface area contributed by atoms with Crippen molar-refractivity contribution in [1.29, 1.82) is 0 Å². The fraction of sp³-hybridized carbons (Fsp3) is 0.857.